The summed E-state index contributed by atoms with van der Waals surface area (Å²) in [5.74, 6) is 0. The van der Waals surface area contributed by atoms with Crippen molar-refractivity contribution in [2.75, 3.05) is 0 Å². The van der Waals surface area contributed by atoms with Crippen LogP contribution in [0.2, 0.25) is 0 Å². The Morgan fingerprint density at radius 2 is 1.40 bits per heavy atom. The Hall–Kier alpha value is 1.92. The molecule has 0 atom stereocenters. The molecule has 0 aliphatic rings. The van der Waals surface area contributed by atoms with E-state index < -0.39 is 0 Å². The average Bonchev–Trinajstić information content (AvgIpc) is 0.918. The Morgan fingerprint density at radius 3 is 1.40 bits per heavy atom. The second-order valence-electron chi connectivity index (χ2n) is 0.0527. The predicted octanol–water partition coefficient (Wildman–Crippen LogP) is -0.0123. The topological polar surface area (TPSA) is 0 Å². The van der Waals surface area contributed by atoms with Crippen LogP contribution in [0.5, 0.6) is 0 Å². The minimum absolute atomic E-state index is 0. The van der Waals surface area contributed by atoms with Gasteiger partial charge in [-0.15, -0.1) is 0 Å². The number of rotatable bonds is 0. The molecule has 5 heteroatoms. The summed E-state index contributed by atoms with van der Waals surface area (Å²) >= 11 is 8.04. The van der Waals surface area contributed by atoms with Crippen molar-refractivity contribution in [3.05, 3.63) is 0 Å². The maximum atomic E-state index is 4.14. The van der Waals surface area contributed by atoms with Crippen LogP contribution in [0.1, 0.15) is 0 Å². The molecule has 0 fully saturated rings. The molecular weight excluding hydrogens is 240 g/mol. The molecule has 0 aliphatic heterocycles. The minimum atomic E-state index is 0. The van der Waals surface area contributed by atoms with Gasteiger partial charge in [0.05, 0.1) is 0 Å². The van der Waals surface area contributed by atoms with Gasteiger partial charge in [-0.3, -0.25) is 0 Å². The number of hydrogen-bond acceptors (Lipinski definition) is 1. The molecule has 0 aromatic rings. The minimum Gasteiger partial charge on any atom is 0 e. The zero-order valence-corrected chi connectivity index (χ0v) is 6.36. The Bertz CT molecular complexity index is 25.9. The fraction of sp³-hybridized carbons (Fsp3) is 0. The summed E-state index contributed by atoms with van der Waals surface area (Å²) in [6, 6.07) is 0. The first-order valence-corrected chi connectivity index (χ1v) is 3.10. The van der Waals surface area contributed by atoms with Crippen LogP contribution in [0.4, 0.5) is 0 Å². The predicted molar refractivity (Wildman–Crippen MR) is 14.7 cm³/mol. The molecule has 5 heavy (non-hydrogen) atoms. The zero-order chi connectivity index (χ0) is 2.71. The molecular formula is Ni3S2. The second-order valence-corrected chi connectivity index (χ2v) is 1.96. The Kier molecular flexibility index (Phi) is 53.0. The standard InChI is InChI=1S/3Ni.S2/c;;;1-2. The van der Waals surface area contributed by atoms with E-state index in [9.17, 15) is 0 Å². The molecule has 42 valence electrons. The molecule has 0 unspecified atom stereocenters. The third-order valence-corrected chi connectivity index (χ3v) is 0. The molecule has 0 aromatic carbocycles. The van der Waals surface area contributed by atoms with Gasteiger partial charge in [-0.2, -0.15) is 0 Å². The van der Waals surface area contributed by atoms with Crippen molar-refractivity contribution in [2.24, 2.45) is 0 Å². The van der Waals surface area contributed by atoms with Crippen LogP contribution < -0.4 is 0 Å². The fourth-order valence-corrected chi connectivity index (χ4v) is 0. The van der Waals surface area contributed by atoms with Gasteiger partial charge in [-0.25, -0.2) is 0 Å². The van der Waals surface area contributed by atoms with Crippen molar-refractivity contribution in [1.82, 2.24) is 0 Å². The van der Waals surface area contributed by atoms with Crippen LogP contribution in [-0.2, 0) is 66.4 Å². The first kappa shape index (κ1) is 15.8. The van der Waals surface area contributed by atoms with Crippen molar-refractivity contribution in [3.63, 3.8) is 0 Å². The van der Waals surface area contributed by atoms with Crippen molar-refractivity contribution in [3.8, 4) is 0 Å². The Labute approximate surface area is 65.8 Å². The van der Waals surface area contributed by atoms with Crippen LogP contribution in [0.15, 0.2) is 0 Å². The molecule has 0 rings (SSSR count). The third kappa shape index (κ3) is 24.7. The maximum Gasteiger partial charge on any atom is 0 e. The second kappa shape index (κ2) is 16.8. The molecule has 0 aromatic heterocycles. The van der Waals surface area contributed by atoms with Gasteiger partial charge in [0.15, 0.2) is 0 Å². The molecule has 0 N–H and O–H groups in total. The Morgan fingerprint density at radius 1 is 1.40 bits per heavy atom. The first-order valence-electron chi connectivity index (χ1n) is 0.296. The summed E-state index contributed by atoms with van der Waals surface area (Å²) in [7, 11) is 0.958. The third-order valence-electron chi connectivity index (χ3n) is 0. The van der Waals surface area contributed by atoms with Crippen molar-refractivity contribution < 1.29 is 46.8 Å². The van der Waals surface area contributed by atoms with Crippen molar-refractivity contribution >= 4 is 19.5 Å². The van der Waals surface area contributed by atoms with Crippen molar-refractivity contribution in [1.29, 1.82) is 0 Å². The van der Waals surface area contributed by atoms with E-state index in [1.54, 1.807) is 0 Å². The first-order chi connectivity index (χ1) is 1.41. The molecule has 0 saturated heterocycles. The van der Waals surface area contributed by atoms with E-state index in [1.165, 1.54) is 0 Å². The van der Waals surface area contributed by atoms with E-state index in [-0.39, 0.29) is 33.0 Å². The SMILES string of the molecule is S=[S]=[Ni].[Ni].[Ni]. The van der Waals surface area contributed by atoms with Gasteiger partial charge >= 0.3 is 33.4 Å². The molecule has 0 heterocycles. The molecule has 0 nitrogen and oxygen atoms in total. The van der Waals surface area contributed by atoms with Crippen molar-refractivity contribution in [2.45, 2.75) is 0 Å². The van der Waals surface area contributed by atoms with Gasteiger partial charge in [0.2, 0.25) is 0 Å². The average molecular weight is 240 g/mol. The van der Waals surface area contributed by atoms with E-state index in [2.05, 4.69) is 25.1 Å². The van der Waals surface area contributed by atoms with E-state index in [4.69, 9.17) is 0 Å². The summed E-state index contributed by atoms with van der Waals surface area (Å²) in [4.78, 5) is 0. The number of hydrogen-bond donors (Lipinski definition) is 0. The summed E-state index contributed by atoms with van der Waals surface area (Å²) in [6.45, 7) is 0. The van der Waals surface area contributed by atoms with E-state index in [1.807, 2.05) is 0 Å². The van der Waals surface area contributed by atoms with Crippen LogP contribution >= 0.6 is 0 Å². The van der Waals surface area contributed by atoms with E-state index in [0.29, 0.717) is 0 Å². The van der Waals surface area contributed by atoms with Gasteiger partial charge in [0.1, 0.15) is 0 Å². The monoisotopic (exact) mass is 238 g/mol. The zero-order valence-electron chi connectivity index (χ0n) is 1.77. The fourth-order valence-electron chi connectivity index (χ4n) is 0. The van der Waals surface area contributed by atoms with Gasteiger partial charge in [-0.05, 0) is 0 Å². The van der Waals surface area contributed by atoms with E-state index in [0.717, 1.165) is 8.35 Å². The summed E-state index contributed by atoms with van der Waals surface area (Å²) in [6.07, 6.45) is 0. The molecule has 0 bridgehead atoms. The molecule has 0 aliphatic carbocycles. The molecule has 0 spiro atoms. The summed E-state index contributed by atoms with van der Waals surface area (Å²) < 4.78 is 0. The van der Waals surface area contributed by atoms with E-state index >= 15 is 0 Å². The molecule has 0 amide bonds. The largest absolute Gasteiger partial charge is 0 e. The molecule has 0 radical (unpaired) electrons. The van der Waals surface area contributed by atoms with Gasteiger partial charge in [-0.1, -0.05) is 0 Å². The maximum absolute atomic E-state index is 4.14. The normalized spacial score (nSPS) is 2.80. The summed E-state index contributed by atoms with van der Waals surface area (Å²) in [5.41, 5.74) is 0. The quantitative estimate of drug-likeness (QED) is 0.537. The van der Waals surface area contributed by atoms with Crippen LogP contribution in [-0.4, -0.2) is 0 Å². The van der Waals surface area contributed by atoms with Gasteiger partial charge in [0.25, 0.3) is 0 Å². The smallest absolute Gasteiger partial charge is 0 e. The van der Waals surface area contributed by atoms with Gasteiger partial charge < -0.3 is 0 Å². The van der Waals surface area contributed by atoms with Crippen LogP contribution in [0.3, 0.4) is 0 Å². The van der Waals surface area contributed by atoms with Crippen LogP contribution in [0, 0.1) is 0 Å². The Balaban J connectivity index is -0.0000000200. The van der Waals surface area contributed by atoms with Gasteiger partial charge in [0, 0.05) is 33.0 Å². The summed E-state index contributed by atoms with van der Waals surface area (Å²) in [5, 5.41) is 0. The van der Waals surface area contributed by atoms with Crippen LogP contribution in [0.25, 0.3) is 0 Å². The molecule has 0 saturated carbocycles.